The molecule has 31 heavy (non-hydrogen) atoms. The van der Waals surface area contributed by atoms with Crippen molar-refractivity contribution in [2.75, 3.05) is 19.7 Å². The number of fused-ring (bicyclic) bond motifs is 2. The number of carbonyl (C=O) groups is 3. The van der Waals surface area contributed by atoms with E-state index in [0.29, 0.717) is 25.9 Å². The Kier molecular flexibility index (Phi) is 5.63. The van der Waals surface area contributed by atoms with Crippen LogP contribution in [0.5, 0.6) is 0 Å². The van der Waals surface area contributed by atoms with E-state index in [1.54, 1.807) is 25.1 Å². The van der Waals surface area contributed by atoms with E-state index >= 15 is 0 Å². The number of hydrogen-bond donors (Lipinski definition) is 1. The molecule has 8 nitrogen and oxygen atoms in total. The summed E-state index contributed by atoms with van der Waals surface area (Å²) in [7, 11) is -4.07. The number of sulfonamides is 1. The zero-order chi connectivity index (χ0) is 22.2. The van der Waals surface area contributed by atoms with Gasteiger partial charge in [0.1, 0.15) is 0 Å². The van der Waals surface area contributed by atoms with E-state index < -0.39 is 27.9 Å². The van der Waals surface area contributed by atoms with Crippen LogP contribution in [-0.2, 0) is 14.8 Å². The Bertz CT molecular complexity index is 1170. The molecule has 162 valence electrons. The van der Waals surface area contributed by atoms with Crippen molar-refractivity contribution in [3.8, 4) is 0 Å². The van der Waals surface area contributed by atoms with Gasteiger partial charge in [-0.3, -0.25) is 9.59 Å². The molecule has 4 rings (SSSR count). The van der Waals surface area contributed by atoms with Gasteiger partial charge >= 0.3 is 6.09 Å². The lowest BCUT2D eigenvalue weighted by atomic mass is 9.84. The van der Waals surface area contributed by atoms with Gasteiger partial charge < -0.3 is 9.64 Å². The van der Waals surface area contributed by atoms with Crippen molar-refractivity contribution >= 4 is 27.7 Å². The minimum absolute atomic E-state index is 0.0868. The highest BCUT2D eigenvalue weighted by Gasteiger charge is 2.36. The number of likely N-dealkylation sites (tertiary alicyclic amines) is 1. The first-order valence-corrected chi connectivity index (χ1v) is 11.6. The fourth-order valence-electron chi connectivity index (χ4n) is 4.01. The normalized spacial score (nSPS) is 16.6. The van der Waals surface area contributed by atoms with E-state index in [0.717, 1.165) is 0 Å². The van der Waals surface area contributed by atoms with Gasteiger partial charge in [-0.2, -0.15) is 0 Å². The van der Waals surface area contributed by atoms with E-state index in [1.165, 1.54) is 29.2 Å². The fourth-order valence-corrected chi connectivity index (χ4v) is 5.55. The van der Waals surface area contributed by atoms with Gasteiger partial charge in [-0.25, -0.2) is 17.9 Å². The molecule has 1 N–H and O–H groups in total. The number of hydrogen-bond acceptors (Lipinski definition) is 6. The van der Waals surface area contributed by atoms with Crippen LogP contribution < -0.4 is 4.72 Å². The van der Waals surface area contributed by atoms with Gasteiger partial charge in [0.2, 0.25) is 10.0 Å². The summed E-state index contributed by atoms with van der Waals surface area (Å²) in [5, 5.41) is 0. The Morgan fingerprint density at radius 3 is 2.26 bits per heavy atom. The second-order valence-electron chi connectivity index (χ2n) is 7.46. The monoisotopic (exact) mass is 442 g/mol. The van der Waals surface area contributed by atoms with Crippen LogP contribution in [0.2, 0.25) is 0 Å². The third-order valence-electron chi connectivity index (χ3n) is 5.55. The highest BCUT2D eigenvalue weighted by molar-refractivity contribution is 7.89. The molecule has 1 aliphatic carbocycles. The predicted octanol–water partition coefficient (Wildman–Crippen LogP) is 2.36. The van der Waals surface area contributed by atoms with Crippen molar-refractivity contribution < 1.29 is 27.5 Å². The van der Waals surface area contributed by atoms with Crippen LogP contribution in [0.15, 0.2) is 47.4 Å². The van der Waals surface area contributed by atoms with E-state index in [4.69, 9.17) is 4.74 Å². The molecule has 0 radical (unpaired) electrons. The average Bonchev–Trinajstić information content (AvgIpc) is 2.77. The van der Waals surface area contributed by atoms with Crippen LogP contribution in [0.1, 0.15) is 51.6 Å². The topological polar surface area (TPSA) is 110 Å². The first-order valence-electron chi connectivity index (χ1n) is 10.1. The molecule has 9 heteroatoms. The van der Waals surface area contributed by atoms with Crippen LogP contribution in [0, 0.1) is 0 Å². The molecule has 2 aromatic carbocycles. The second kappa shape index (κ2) is 8.24. The molecule has 1 saturated heterocycles. The molecule has 0 unspecified atom stereocenters. The number of ketones is 2. The molecule has 2 aromatic rings. The Morgan fingerprint density at radius 1 is 1.00 bits per heavy atom. The van der Waals surface area contributed by atoms with E-state index in [9.17, 15) is 22.8 Å². The van der Waals surface area contributed by atoms with Gasteiger partial charge in [0.05, 0.1) is 17.1 Å². The van der Waals surface area contributed by atoms with Crippen molar-refractivity contribution in [3.05, 3.63) is 64.7 Å². The molecule has 1 fully saturated rings. The lowest BCUT2D eigenvalue weighted by Gasteiger charge is -2.31. The number of nitrogens with one attached hydrogen (secondary N) is 1. The zero-order valence-electron chi connectivity index (χ0n) is 17.0. The summed E-state index contributed by atoms with van der Waals surface area (Å²) in [5.74, 6) is -0.853. The molecule has 0 atom stereocenters. The lowest BCUT2D eigenvalue weighted by Crippen LogP contribution is -2.46. The Labute approximate surface area is 180 Å². The standard InChI is InChI=1S/C22H22N2O6S/c1-2-30-22(27)24-12-10-14(11-13-24)23-31(28,29)18-9-5-8-17-19(18)21(26)16-7-4-3-6-15(16)20(17)25/h3-9,14,23H,2,10-13H2,1H3. The molecule has 0 saturated carbocycles. The predicted molar refractivity (Wildman–Crippen MR) is 112 cm³/mol. The molecular weight excluding hydrogens is 420 g/mol. The summed E-state index contributed by atoms with van der Waals surface area (Å²) in [6, 6.07) is 10.3. The average molecular weight is 442 g/mol. The largest absolute Gasteiger partial charge is 0.450 e. The number of rotatable bonds is 4. The van der Waals surface area contributed by atoms with E-state index in [1.807, 2.05) is 0 Å². The Morgan fingerprint density at radius 2 is 1.61 bits per heavy atom. The maximum absolute atomic E-state index is 13.2. The van der Waals surface area contributed by atoms with Gasteiger partial charge in [0, 0.05) is 35.8 Å². The molecule has 1 heterocycles. The molecule has 0 bridgehead atoms. The Balaban J connectivity index is 1.59. The highest BCUT2D eigenvalue weighted by Crippen LogP contribution is 2.31. The van der Waals surface area contributed by atoms with E-state index in [2.05, 4.69) is 4.72 Å². The first-order chi connectivity index (χ1) is 14.8. The Hall–Kier alpha value is -3.04. The van der Waals surface area contributed by atoms with E-state index in [-0.39, 0.29) is 39.5 Å². The van der Waals surface area contributed by atoms with Gasteiger partial charge in [-0.1, -0.05) is 36.4 Å². The first kappa shape index (κ1) is 21.2. The molecule has 2 aliphatic rings. The van der Waals surface area contributed by atoms with Gasteiger partial charge in [-0.15, -0.1) is 0 Å². The second-order valence-corrected chi connectivity index (χ2v) is 9.15. The molecule has 0 aromatic heterocycles. The van der Waals surface area contributed by atoms with Crippen LogP contribution in [0.3, 0.4) is 0 Å². The number of amides is 1. The van der Waals surface area contributed by atoms with Crippen molar-refractivity contribution in [3.63, 3.8) is 0 Å². The number of carbonyl (C=O) groups excluding carboxylic acids is 3. The fraction of sp³-hybridized carbons (Fsp3) is 0.318. The highest BCUT2D eigenvalue weighted by atomic mass is 32.2. The van der Waals surface area contributed by atoms with Crippen LogP contribution in [0.25, 0.3) is 0 Å². The quantitative estimate of drug-likeness (QED) is 0.664. The third kappa shape index (κ3) is 3.86. The summed E-state index contributed by atoms with van der Waals surface area (Å²) in [5.41, 5.74) is 0.464. The third-order valence-corrected chi connectivity index (χ3v) is 7.11. The van der Waals surface area contributed by atoms with Gasteiger partial charge in [0.15, 0.2) is 11.6 Å². The molecule has 1 aliphatic heterocycles. The van der Waals surface area contributed by atoms with Gasteiger partial charge in [-0.05, 0) is 25.8 Å². The van der Waals surface area contributed by atoms with Crippen LogP contribution in [-0.4, -0.2) is 56.7 Å². The summed E-state index contributed by atoms with van der Waals surface area (Å²) < 4.78 is 34.0. The van der Waals surface area contributed by atoms with Crippen molar-refractivity contribution in [1.29, 1.82) is 0 Å². The lowest BCUT2D eigenvalue weighted by molar-refractivity contribution is 0.0964. The summed E-state index contributed by atoms with van der Waals surface area (Å²) in [6.07, 6.45) is 0.426. The minimum Gasteiger partial charge on any atom is -0.450 e. The number of piperidine rings is 1. The molecular formula is C22H22N2O6S. The van der Waals surface area contributed by atoms with Crippen LogP contribution >= 0.6 is 0 Å². The number of benzene rings is 2. The molecule has 1 amide bonds. The number of nitrogens with zero attached hydrogens (tertiary/aromatic N) is 1. The van der Waals surface area contributed by atoms with Crippen molar-refractivity contribution in [2.24, 2.45) is 0 Å². The van der Waals surface area contributed by atoms with Gasteiger partial charge in [0.25, 0.3) is 0 Å². The minimum atomic E-state index is -4.07. The van der Waals surface area contributed by atoms with Crippen molar-refractivity contribution in [1.82, 2.24) is 9.62 Å². The smallest absolute Gasteiger partial charge is 0.409 e. The summed E-state index contributed by atoms with van der Waals surface area (Å²) in [4.78, 5) is 39.1. The van der Waals surface area contributed by atoms with Crippen molar-refractivity contribution in [2.45, 2.75) is 30.7 Å². The maximum atomic E-state index is 13.2. The van der Waals surface area contributed by atoms with Crippen LogP contribution in [0.4, 0.5) is 4.79 Å². The zero-order valence-corrected chi connectivity index (χ0v) is 17.8. The number of ether oxygens (including phenoxy) is 1. The molecule has 0 spiro atoms. The maximum Gasteiger partial charge on any atom is 0.409 e. The SMILES string of the molecule is CCOC(=O)N1CCC(NS(=O)(=O)c2cccc3c2C(=O)c2ccccc2C3=O)CC1. The summed E-state index contributed by atoms with van der Waals surface area (Å²) >= 11 is 0. The summed E-state index contributed by atoms with van der Waals surface area (Å²) in [6.45, 7) is 2.73.